The summed E-state index contributed by atoms with van der Waals surface area (Å²) in [7, 11) is -8.06. The van der Waals surface area contributed by atoms with E-state index in [0.29, 0.717) is 0 Å². The van der Waals surface area contributed by atoms with Crippen LogP contribution in [0.4, 0.5) is 0 Å². The molecule has 0 aromatic heterocycles. The Labute approximate surface area is 197 Å². The highest BCUT2D eigenvalue weighted by molar-refractivity contribution is 7.89. The van der Waals surface area contributed by atoms with Crippen LogP contribution in [-0.4, -0.2) is 25.9 Å². The van der Waals surface area contributed by atoms with E-state index in [9.17, 15) is 13.0 Å². The number of rotatable bonds is 10. The molecule has 0 spiro atoms. The fraction of sp³-hybridized carbons (Fsp3) is 0.400. The van der Waals surface area contributed by atoms with E-state index in [0.717, 1.165) is 46.7 Å². The van der Waals surface area contributed by atoms with E-state index in [1.165, 1.54) is 0 Å². The van der Waals surface area contributed by atoms with Crippen molar-refractivity contribution < 1.29 is 22.0 Å². The summed E-state index contributed by atoms with van der Waals surface area (Å²) in [5.41, 5.74) is 5.78. The zero-order valence-corrected chi connectivity index (χ0v) is 21.2. The van der Waals surface area contributed by atoms with Crippen LogP contribution in [0.25, 0.3) is 0 Å². The lowest BCUT2D eigenvalue weighted by Gasteiger charge is -2.29. The zero-order chi connectivity index (χ0) is 23.9. The summed E-state index contributed by atoms with van der Waals surface area (Å²) in [4.78, 5) is 0.110. The Balaban J connectivity index is 2.26. The minimum Gasteiger partial charge on any atom is -0.304 e. The maximum absolute atomic E-state index is 14.0. The number of hydrogen-bond donors (Lipinski definition) is 0. The molecule has 6 nitrogen and oxygen atoms in total. The van der Waals surface area contributed by atoms with Gasteiger partial charge in [0.05, 0.1) is 24.7 Å². The smallest absolute Gasteiger partial charge is 0.304 e. The Kier molecular flexibility index (Phi) is 8.75. The molecule has 2 aromatic rings. The molecule has 0 saturated heterocycles. The molecule has 33 heavy (non-hydrogen) atoms. The number of sulfonamides is 1. The number of nitrogens with zero attached hydrogens (tertiary/aromatic N) is 1. The first-order valence-corrected chi connectivity index (χ1v) is 14.3. The van der Waals surface area contributed by atoms with E-state index < -0.39 is 17.6 Å². The van der Waals surface area contributed by atoms with Gasteiger partial charge in [-0.15, -0.1) is 0 Å². The molecule has 0 atom stereocenters. The van der Waals surface area contributed by atoms with Crippen LogP contribution in [0.2, 0.25) is 0 Å². The van der Waals surface area contributed by atoms with Crippen LogP contribution in [0.5, 0.6) is 0 Å². The fourth-order valence-electron chi connectivity index (χ4n) is 3.71. The number of benzene rings is 2. The third-order valence-electron chi connectivity index (χ3n) is 5.37. The van der Waals surface area contributed by atoms with Gasteiger partial charge in [0.15, 0.2) is 5.44 Å². The quantitative estimate of drug-likeness (QED) is 0.285. The SMILES string of the molecule is CCOP(=O)(OCC)C(=C=C1CCCC1)N(Cc1ccccc1)S(=O)(=O)c1ccc(C)cc1. The van der Waals surface area contributed by atoms with Gasteiger partial charge in [-0.1, -0.05) is 53.8 Å². The van der Waals surface area contributed by atoms with Crippen LogP contribution >= 0.6 is 7.60 Å². The summed E-state index contributed by atoms with van der Waals surface area (Å²) in [6, 6.07) is 15.9. The molecular weight excluding hydrogens is 457 g/mol. The first kappa shape index (κ1) is 25.5. The third-order valence-corrected chi connectivity index (χ3v) is 9.33. The summed E-state index contributed by atoms with van der Waals surface area (Å²) < 4.78 is 54.3. The maximum atomic E-state index is 14.0. The molecule has 0 unspecified atom stereocenters. The molecule has 1 aliphatic carbocycles. The molecule has 178 valence electrons. The average molecular weight is 490 g/mol. The second-order valence-electron chi connectivity index (χ2n) is 7.90. The Morgan fingerprint density at radius 2 is 1.55 bits per heavy atom. The zero-order valence-electron chi connectivity index (χ0n) is 19.5. The van der Waals surface area contributed by atoms with E-state index in [-0.39, 0.29) is 30.1 Å². The Morgan fingerprint density at radius 3 is 2.09 bits per heavy atom. The molecular formula is C25H32NO5PS. The molecule has 1 aliphatic rings. The van der Waals surface area contributed by atoms with Gasteiger partial charge in [0, 0.05) is 0 Å². The Morgan fingerprint density at radius 1 is 0.970 bits per heavy atom. The van der Waals surface area contributed by atoms with Crippen LogP contribution in [0.1, 0.15) is 50.7 Å². The predicted octanol–water partition coefficient (Wildman–Crippen LogP) is 6.39. The van der Waals surface area contributed by atoms with Gasteiger partial charge in [0.25, 0.3) is 10.0 Å². The van der Waals surface area contributed by atoms with Gasteiger partial charge in [0.1, 0.15) is 0 Å². The van der Waals surface area contributed by atoms with Crippen LogP contribution in [0, 0.1) is 6.92 Å². The van der Waals surface area contributed by atoms with Crippen molar-refractivity contribution in [3.63, 3.8) is 0 Å². The molecule has 0 bridgehead atoms. The number of hydrogen-bond acceptors (Lipinski definition) is 5. The van der Waals surface area contributed by atoms with Crippen molar-refractivity contribution in [1.82, 2.24) is 4.31 Å². The van der Waals surface area contributed by atoms with Crippen LogP contribution < -0.4 is 0 Å². The standard InChI is InChI=1S/C25H32NO5PS/c1-4-30-32(27,31-5-2)25(19-22-11-9-10-12-22)26(20-23-13-7-6-8-14-23)33(28,29)24-17-15-21(3)16-18-24/h6-8,13-18H,4-5,9-12,20H2,1-3H3. The van der Waals surface area contributed by atoms with Gasteiger partial charge >= 0.3 is 7.60 Å². The molecule has 8 heteroatoms. The molecule has 1 saturated carbocycles. The monoisotopic (exact) mass is 489 g/mol. The minimum absolute atomic E-state index is 0.0171. The summed E-state index contributed by atoms with van der Waals surface area (Å²) >= 11 is 0. The largest absolute Gasteiger partial charge is 0.386 e. The molecule has 2 aromatic carbocycles. The second-order valence-corrected chi connectivity index (χ2v) is 11.7. The molecule has 0 N–H and O–H groups in total. The molecule has 0 aliphatic heterocycles. The third kappa shape index (κ3) is 6.26. The highest BCUT2D eigenvalue weighted by Crippen LogP contribution is 2.58. The van der Waals surface area contributed by atoms with E-state index in [4.69, 9.17) is 9.05 Å². The highest BCUT2D eigenvalue weighted by atomic mass is 32.2. The summed E-state index contributed by atoms with van der Waals surface area (Å²) in [6.07, 6.45) is 3.55. The average Bonchev–Trinajstić information content (AvgIpc) is 3.31. The van der Waals surface area contributed by atoms with Crippen molar-refractivity contribution in [1.29, 1.82) is 0 Å². The molecule has 0 amide bonds. The van der Waals surface area contributed by atoms with Gasteiger partial charge in [-0.25, -0.2) is 12.7 Å². The number of allylic oxidation sites excluding steroid dienone is 1. The Bertz CT molecular complexity index is 1140. The lowest BCUT2D eigenvalue weighted by Crippen LogP contribution is -2.31. The summed E-state index contributed by atoms with van der Waals surface area (Å²) in [6.45, 7) is 5.52. The van der Waals surface area contributed by atoms with Crippen molar-refractivity contribution in [3.05, 3.63) is 82.5 Å². The normalized spacial score (nSPS) is 14.2. The van der Waals surface area contributed by atoms with Crippen molar-refractivity contribution in [2.75, 3.05) is 13.2 Å². The van der Waals surface area contributed by atoms with Gasteiger partial charge < -0.3 is 9.05 Å². The van der Waals surface area contributed by atoms with Crippen molar-refractivity contribution >= 4 is 17.6 Å². The second kappa shape index (κ2) is 11.3. The minimum atomic E-state index is -4.09. The van der Waals surface area contributed by atoms with Crippen molar-refractivity contribution in [2.24, 2.45) is 0 Å². The molecule has 3 rings (SSSR count). The summed E-state index contributed by atoms with van der Waals surface area (Å²) in [5.74, 6) is 0. The summed E-state index contributed by atoms with van der Waals surface area (Å²) in [5, 5.41) is 0. The topological polar surface area (TPSA) is 72.9 Å². The van der Waals surface area contributed by atoms with Crippen LogP contribution in [-0.2, 0) is 30.2 Å². The van der Waals surface area contributed by atoms with E-state index in [1.54, 1.807) is 38.1 Å². The van der Waals surface area contributed by atoms with Crippen molar-refractivity contribution in [3.8, 4) is 0 Å². The van der Waals surface area contributed by atoms with E-state index >= 15 is 0 Å². The first-order chi connectivity index (χ1) is 15.8. The van der Waals surface area contributed by atoms with Gasteiger partial charge in [-0.05, 0) is 69.7 Å². The van der Waals surface area contributed by atoms with Gasteiger partial charge in [-0.2, -0.15) is 0 Å². The molecule has 0 heterocycles. The first-order valence-electron chi connectivity index (χ1n) is 11.3. The van der Waals surface area contributed by atoms with E-state index in [1.807, 2.05) is 37.3 Å². The highest BCUT2D eigenvalue weighted by Gasteiger charge is 2.40. The van der Waals surface area contributed by atoms with Gasteiger partial charge in [-0.3, -0.25) is 4.57 Å². The van der Waals surface area contributed by atoms with Gasteiger partial charge in [0.2, 0.25) is 0 Å². The molecule has 0 radical (unpaired) electrons. The van der Waals surface area contributed by atoms with E-state index in [2.05, 4.69) is 5.73 Å². The lowest BCUT2D eigenvalue weighted by atomic mass is 10.2. The predicted molar refractivity (Wildman–Crippen MR) is 130 cm³/mol. The van der Waals surface area contributed by atoms with Crippen LogP contribution in [0.3, 0.4) is 0 Å². The number of aryl methyl sites for hydroxylation is 1. The fourth-order valence-corrected chi connectivity index (χ4v) is 7.30. The Hall–Kier alpha value is -2.14. The van der Waals surface area contributed by atoms with Crippen molar-refractivity contribution in [2.45, 2.75) is 57.9 Å². The maximum Gasteiger partial charge on any atom is 0.386 e. The van der Waals surface area contributed by atoms with Crippen LogP contribution in [0.15, 0.2) is 76.2 Å². The molecule has 1 fully saturated rings. The lowest BCUT2D eigenvalue weighted by molar-refractivity contribution is 0.220.